The van der Waals surface area contributed by atoms with E-state index in [9.17, 15) is 4.79 Å². The molecule has 0 spiro atoms. The standard InChI is InChI=1S/C24H27ClN6O2/c1-14-12-15(31-8-10-33-11-9-31)6-7-16(14)23-29-21-20(18(25)13-27-24(21)30-23)28-19-5-3-2-4-17(19)22(26)32/h2-3,6-7,12-13,17,19H,4-5,8-11H2,1H3,(H2,26,32)(H2,27,28,29,30)/t17?,19-/m1/s1. The van der Waals surface area contributed by atoms with Gasteiger partial charge in [-0.25, -0.2) is 9.97 Å². The van der Waals surface area contributed by atoms with Gasteiger partial charge in [-0.2, -0.15) is 0 Å². The van der Waals surface area contributed by atoms with E-state index in [-0.39, 0.29) is 17.9 Å². The number of ether oxygens (including phenoxy) is 1. The Hall–Kier alpha value is -3.10. The molecule has 1 aliphatic carbocycles. The van der Waals surface area contributed by atoms with Crippen LogP contribution in [-0.4, -0.2) is 53.2 Å². The number of anilines is 2. The molecule has 33 heavy (non-hydrogen) atoms. The quantitative estimate of drug-likeness (QED) is 0.495. The van der Waals surface area contributed by atoms with E-state index in [1.54, 1.807) is 6.20 Å². The number of hydrogen-bond donors (Lipinski definition) is 3. The summed E-state index contributed by atoms with van der Waals surface area (Å²) in [6.07, 6.45) is 6.94. The molecule has 172 valence electrons. The zero-order valence-corrected chi connectivity index (χ0v) is 19.2. The lowest BCUT2D eigenvalue weighted by Crippen LogP contribution is -2.39. The number of carbonyl (C=O) groups excluding carboxylic acids is 1. The maximum Gasteiger partial charge on any atom is 0.222 e. The molecule has 1 unspecified atom stereocenters. The molecule has 1 fully saturated rings. The Morgan fingerprint density at radius 2 is 2.06 bits per heavy atom. The van der Waals surface area contributed by atoms with Crippen molar-refractivity contribution < 1.29 is 9.53 Å². The van der Waals surface area contributed by atoms with E-state index in [4.69, 9.17) is 27.1 Å². The second-order valence-electron chi connectivity index (χ2n) is 8.57. The average molecular weight is 467 g/mol. The Labute approximate surface area is 197 Å². The number of amides is 1. The number of benzene rings is 1. The number of primary amides is 1. The molecule has 3 heterocycles. The normalized spacial score (nSPS) is 20.8. The fourth-order valence-electron chi connectivity index (χ4n) is 4.61. The third kappa shape index (κ3) is 4.28. The minimum absolute atomic E-state index is 0.142. The number of morpholine rings is 1. The molecule has 0 bridgehead atoms. The Morgan fingerprint density at radius 1 is 1.27 bits per heavy atom. The number of nitrogens with two attached hydrogens (primary N) is 1. The molecule has 2 aromatic heterocycles. The van der Waals surface area contributed by atoms with Gasteiger partial charge >= 0.3 is 0 Å². The van der Waals surface area contributed by atoms with Gasteiger partial charge < -0.3 is 25.7 Å². The summed E-state index contributed by atoms with van der Waals surface area (Å²) in [5, 5.41) is 3.91. The Kier molecular flexibility index (Phi) is 5.95. The van der Waals surface area contributed by atoms with E-state index in [2.05, 4.69) is 51.4 Å². The summed E-state index contributed by atoms with van der Waals surface area (Å²) >= 11 is 6.52. The van der Waals surface area contributed by atoms with Gasteiger partial charge in [-0.3, -0.25) is 4.79 Å². The van der Waals surface area contributed by atoms with Crippen molar-refractivity contribution in [2.75, 3.05) is 36.5 Å². The SMILES string of the molecule is Cc1cc(N2CCOCC2)ccc1-c1nc2ncc(Cl)c(N[C@@H]3CC=CCC3C(N)=O)c2[nH]1. The highest BCUT2D eigenvalue weighted by Crippen LogP contribution is 2.34. The topological polar surface area (TPSA) is 109 Å². The van der Waals surface area contributed by atoms with Crippen LogP contribution in [0, 0.1) is 12.8 Å². The summed E-state index contributed by atoms with van der Waals surface area (Å²) in [6.45, 7) is 5.37. The predicted octanol–water partition coefficient (Wildman–Crippen LogP) is 3.66. The number of fused-ring (bicyclic) bond motifs is 1. The molecule has 9 heteroatoms. The number of rotatable bonds is 5. The minimum Gasteiger partial charge on any atom is -0.378 e. The highest BCUT2D eigenvalue weighted by molar-refractivity contribution is 6.34. The number of nitrogens with zero attached hydrogens (tertiary/aromatic N) is 3. The van der Waals surface area contributed by atoms with Crippen LogP contribution in [0.2, 0.25) is 5.02 Å². The second kappa shape index (κ2) is 9.03. The minimum atomic E-state index is -0.320. The Balaban J connectivity index is 1.48. The number of aromatic nitrogens is 3. The molecule has 1 aliphatic heterocycles. The van der Waals surface area contributed by atoms with Gasteiger partial charge in [-0.15, -0.1) is 0 Å². The molecule has 1 saturated heterocycles. The van der Waals surface area contributed by atoms with Crippen LogP contribution < -0.4 is 16.0 Å². The van der Waals surface area contributed by atoms with Crippen LogP contribution >= 0.6 is 11.6 Å². The van der Waals surface area contributed by atoms with E-state index in [1.807, 2.05) is 6.08 Å². The lowest BCUT2D eigenvalue weighted by Gasteiger charge is -2.29. The van der Waals surface area contributed by atoms with Crippen LogP contribution in [0.25, 0.3) is 22.6 Å². The Morgan fingerprint density at radius 3 is 2.82 bits per heavy atom. The second-order valence-corrected chi connectivity index (χ2v) is 8.97. The number of imidazole rings is 1. The molecule has 1 aromatic carbocycles. The van der Waals surface area contributed by atoms with Gasteiger partial charge in [0, 0.05) is 30.4 Å². The van der Waals surface area contributed by atoms with Crippen molar-refractivity contribution in [3.8, 4) is 11.4 Å². The summed E-state index contributed by atoms with van der Waals surface area (Å²) < 4.78 is 5.46. The fourth-order valence-corrected chi connectivity index (χ4v) is 4.81. The third-order valence-electron chi connectivity index (χ3n) is 6.44. The molecule has 4 N–H and O–H groups in total. The number of allylic oxidation sites excluding steroid dienone is 1. The monoisotopic (exact) mass is 466 g/mol. The number of halogens is 1. The third-order valence-corrected chi connectivity index (χ3v) is 6.73. The van der Waals surface area contributed by atoms with Crippen molar-refractivity contribution in [1.82, 2.24) is 15.0 Å². The van der Waals surface area contributed by atoms with Crippen LogP contribution in [0.1, 0.15) is 18.4 Å². The Bertz CT molecular complexity index is 1220. The summed E-state index contributed by atoms with van der Waals surface area (Å²) in [5.41, 5.74) is 10.9. The number of pyridine rings is 1. The van der Waals surface area contributed by atoms with E-state index >= 15 is 0 Å². The molecule has 2 atom stereocenters. The van der Waals surface area contributed by atoms with Gasteiger partial charge in [0.1, 0.15) is 11.3 Å². The number of hydrogen-bond acceptors (Lipinski definition) is 6. The van der Waals surface area contributed by atoms with Crippen molar-refractivity contribution in [3.05, 3.63) is 47.1 Å². The number of nitrogens with one attached hydrogen (secondary N) is 2. The van der Waals surface area contributed by atoms with E-state index in [0.29, 0.717) is 34.7 Å². The number of carbonyl (C=O) groups is 1. The van der Waals surface area contributed by atoms with Crippen molar-refractivity contribution >= 4 is 40.0 Å². The van der Waals surface area contributed by atoms with Crippen LogP contribution in [-0.2, 0) is 9.53 Å². The maximum absolute atomic E-state index is 11.9. The van der Waals surface area contributed by atoms with Crippen molar-refractivity contribution in [2.45, 2.75) is 25.8 Å². The first-order chi connectivity index (χ1) is 16.0. The largest absolute Gasteiger partial charge is 0.378 e. The van der Waals surface area contributed by atoms with E-state index in [1.165, 1.54) is 5.69 Å². The summed E-state index contributed by atoms with van der Waals surface area (Å²) in [5.74, 6) is 0.107. The van der Waals surface area contributed by atoms with E-state index < -0.39 is 0 Å². The summed E-state index contributed by atoms with van der Waals surface area (Å²) in [4.78, 5) is 26.8. The van der Waals surface area contributed by atoms with Gasteiger partial charge in [0.2, 0.25) is 5.91 Å². The molecular formula is C24H27ClN6O2. The molecule has 2 aliphatic rings. The van der Waals surface area contributed by atoms with Gasteiger partial charge in [-0.05, 0) is 43.5 Å². The van der Waals surface area contributed by atoms with Crippen LogP contribution in [0.3, 0.4) is 0 Å². The predicted molar refractivity (Wildman–Crippen MR) is 131 cm³/mol. The van der Waals surface area contributed by atoms with Gasteiger partial charge in [-0.1, -0.05) is 23.8 Å². The zero-order valence-electron chi connectivity index (χ0n) is 18.5. The van der Waals surface area contributed by atoms with E-state index in [0.717, 1.165) is 43.3 Å². The van der Waals surface area contributed by atoms with Gasteiger partial charge in [0.25, 0.3) is 0 Å². The van der Waals surface area contributed by atoms with Crippen LogP contribution in [0.15, 0.2) is 36.5 Å². The molecular weight excluding hydrogens is 440 g/mol. The first kappa shape index (κ1) is 21.7. The summed E-state index contributed by atoms with van der Waals surface area (Å²) in [6, 6.07) is 6.24. The summed E-state index contributed by atoms with van der Waals surface area (Å²) in [7, 11) is 0. The first-order valence-corrected chi connectivity index (χ1v) is 11.6. The molecule has 5 rings (SSSR count). The number of aryl methyl sites for hydroxylation is 1. The lowest BCUT2D eigenvalue weighted by atomic mass is 9.88. The van der Waals surface area contributed by atoms with Crippen molar-refractivity contribution in [3.63, 3.8) is 0 Å². The number of aromatic amines is 1. The van der Waals surface area contributed by atoms with Crippen molar-refractivity contribution in [2.24, 2.45) is 11.7 Å². The fraction of sp³-hybridized carbons (Fsp3) is 0.375. The average Bonchev–Trinajstić information content (AvgIpc) is 3.26. The lowest BCUT2D eigenvalue weighted by molar-refractivity contribution is -0.122. The smallest absolute Gasteiger partial charge is 0.222 e. The molecule has 8 nitrogen and oxygen atoms in total. The van der Waals surface area contributed by atoms with Gasteiger partial charge in [0.15, 0.2) is 5.65 Å². The first-order valence-electron chi connectivity index (χ1n) is 11.2. The molecule has 1 amide bonds. The molecule has 3 aromatic rings. The highest BCUT2D eigenvalue weighted by atomic mass is 35.5. The molecule has 0 radical (unpaired) electrons. The molecule has 0 saturated carbocycles. The highest BCUT2D eigenvalue weighted by Gasteiger charge is 2.28. The van der Waals surface area contributed by atoms with Gasteiger partial charge in [0.05, 0.1) is 36.0 Å². The van der Waals surface area contributed by atoms with Crippen LogP contribution in [0.4, 0.5) is 11.4 Å². The van der Waals surface area contributed by atoms with Crippen molar-refractivity contribution in [1.29, 1.82) is 0 Å². The number of H-pyrrole nitrogens is 1. The zero-order chi connectivity index (χ0) is 22.9. The van der Waals surface area contributed by atoms with Crippen LogP contribution in [0.5, 0.6) is 0 Å². The maximum atomic E-state index is 11.9.